The number of quaternary nitrogens is 1. The predicted octanol–water partition coefficient (Wildman–Crippen LogP) is 0.574. The maximum absolute atomic E-state index is 14.0. The van der Waals surface area contributed by atoms with Gasteiger partial charge in [0.25, 0.3) is 0 Å². The van der Waals surface area contributed by atoms with E-state index in [1.54, 1.807) is 12.3 Å². The predicted molar refractivity (Wildman–Crippen MR) is 101 cm³/mol. The van der Waals surface area contributed by atoms with Crippen LogP contribution in [-0.2, 0) is 14.8 Å². The number of likely N-dealkylation sites (N-methyl/N-ethyl adjacent to an activating group) is 1. The van der Waals surface area contributed by atoms with Crippen LogP contribution in [0.5, 0.6) is 0 Å². The van der Waals surface area contributed by atoms with Gasteiger partial charge in [-0.25, -0.2) is 12.8 Å². The van der Waals surface area contributed by atoms with E-state index in [0.29, 0.717) is 19.4 Å². The highest BCUT2D eigenvalue weighted by Crippen LogP contribution is 2.27. The first kappa shape index (κ1) is 20.5. The fraction of sp³-hybridized carbons (Fsp3) is 0.421. The Kier molecular flexibility index (Phi) is 6.17. The fourth-order valence-corrected chi connectivity index (χ4v) is 5.19. The van der Waals surface area contributed by atoms with Crippen LogP contribution in [-0.4, -0.2) is 51.9 Å². The van der Waals surface area contributed by atoms with Gasteiger partial charge in [0.05, 0.1) is 26.9 Å². The Morgan fingerprint density at radius 3 is 2.71 bits per heavy atom. The van der Waals surface area contributed by atoms with Gasteiger partial charge >= 0.3 is 0 Å². The lowest BCUT2D eigenvalue weighted by Gasteiger charge is -2.25. The molecular formula is C19H25FN3O4S+. The van der Waals surface area contributed by atoms with E-state index < -0.39 is 26.8 Å². The summed E-state index contributed by atoms with van der Waals surface area (Å²) in [5.74, 6) is -0.458. The number of hydrogen-bond acceptors (Lipinski definition) is 4. The Balaban J connectivity index is 1.74. The van der Waals surface area contributed by atoms with Crippen molar-refractivity contribution in [3.05, 3.63) is 54.2 Å². The molecule has 7 nitrogen and oxygen atoms in total. The van der Waals surface area contributed by atoms with Crippen LogP contribution in [0, 0.1) is 5.82 Å². The molecule has 0 radical (unpaired) electrons. The largest absolute Gasteiger partial charge is 0.463 e. The van der Waals surface area contributed by atoms with Crippen LogP contribution in [0.15, 0.2) is 52.0 Å². The minimum atomic E-state index is -4.09. The fourth-order valence-electron chi connectivity index (χ4n) is 3.47. The molecule has 0 aliphatic carbocycles. The second-order valence-corrected chi connectivity index (χ2v) is 8.95. The molecule has 2 heterocycles. The van der Waals surface area contributed by atoms with Crippen molar-refractivity contribution in [1.29, 1.82) is 0 Å². The van der Waals surface area contributed by atoms with Gasteiger partial charge in [0.1, 0.15) is 16.8 Å². The lowest BCUT2D eigenvalue weighted by atomic mass is 10.2. The van der Waals surface area contributed by atoms with Crippen LogP contribution < -0.4 is 10.2 Å². The third kappa shape index (κ3) is 4.11. The quantitative estimate of drug-likeness (QED) is 0.699. The third-order valence-corrected chi connectivity index (χ3v) is 6.94. The molecule has 1 aliphatic heterocycles. The molecule has 0 unspecified atom stereocenters. The Morgan fingerprint density at radius 1 is 1.32 bits per heavy atom. The molecule has 152 valence electrons. The maximum Gasteiger partial charge on any atom is 0.246 e. The van der Waals surface area contributed by atoms with Gasteiger partial charge in [-0.2, -0.15) is 4.31 Å². The van der Waals surface area contributed by atoms with Gasteiger partial charge < -0.3 is 14.6 Å². The highest BCUT2D eigenvalue weighted by Gasteiger charge is 2.40. The Hall–Kier alpha value is -2.23. The Morgan fingerprint density at radius 2 is 2.07 bits per heavy atom. The average Bonchev–Trinajstić information content (AvgIpc) is 3.34. The van der Waals surface area contributed by atoms with Crippen molar-refractivity contribution < 1.29 is 26.9 Å². The molecule has 2 aromatic rings. The van der Waals surface area contributed by atoms with E-state index in [9.17, 15) is 17.6 Å². The number of nitrogens with zero attached hydrogens (tertiary/aromatic N) is 1. The van der Waals surface area contributed by atoms with Crippen LogP contribution in [0.25, 0.3) is 0 Å². The van der Waals surface area contributed by atoms with Crippen LogP contribution in [0.3, 0.4) is 0 Å². The average molecular weight is 410 g/mol. The number of amides is 1. The number of carbonyl (C=O) groups excluding carboxylic acids is 1. The second-order valence-electron chi connectivity index (χ2n) is 7.09. The molecule has 1 saturated heterocycles. The lowest BCUT2D eigenvalue weighted by molar-refractivity contribution is -0.891. The van der Waals surface area contributed by atoms with Gasteiger partial charge in [-0.15, -0.1) is 0 Å². The summed E-state index contributed by atoms with van der Waals surface area (Å²) in [5, 5.41) is 2.84. The normalized spacial score (nSPS) is 19.1. The zero-order chi connectivity index (χ0) is 20.3. The minimum Gasteiger partial charge on any atom is -0.463 e. The highest BCUT2D eigenvalue weighted by atomic mass is 32.2. The summed E-state index contributed by atoms with van der Waals surface area (Å²) < 4.78 is 46.4. The number of nitrogens with one attached hydrogen (secondary N) is 2. The van der Waals surface area contributed by atoms with Crippen molar-refractivity contribution in [1.82, 2.24) is 9.62 Å². The van der Waals surface area contributed by atoms with Gasteiger partial charge in [0.15, 0.2) is 11.8 Å². The molecular weight excluding hydrogens is 385 g/mol. The first-order valence-corrected chi connectivity index (χ1v) is 10.6. The zero-order valence-corrected chi connectivity index (χ0v) is 16.7. The molecule has 1 amide bonds. The monoisotopic (exact) mass is 410 g/mol. The molecule has 1 aliphatic rings. The number of hydrogen-bond donors (Lipinski definition) is 2. The van der Waals surface area contributed by atoms with Gasteiger partial charge in [0, 0.05) is 6.54 Å². The SMILES string of the molecule is C[NH+](C)[C@H](CNC(=O)[C@@H]1CCCN1S(=O)(=O)c1ccccc1F)c1ccco1. The topological polar surface area (TPSA) is 84.1 Å². The third-order valence-electron chi connectivity index (χ3n) is 4.99. The number of furan rings is 1. The Bertz CT molecular complexity index is 915. The molecule has 1 aromatic heterocycles. The van der Waals surface area contributed by atoms with Crippen molar-refractivity contribution in [2.75, 3.05) is 27.2 Å². The summed E-state index contributed by atoms with van der Waals surface area (Å²) in [4.78, 5) is 13.4. The summed E-state index contributed by atoms with van der Waals surface area (Å²) in [5.41, 5.74) is 0. The second kappa shape index (κ2) is 8.42. The molecule has 3 rings (SSSR count). The van der Waals surface area contributed by atoms with Gasteiger partial charge in [-0.3, -0.25) is 4.79 Å². The number of benzene rings is 1. The van der Waals surface area contributed by atoms with Crippen molar-refractivity contribution in [2.45, 2.75) is 29.8 Å². The highest BCUT2D eigenvalue weighted by molar-refractivity contribution is 7.89. The molecule has 0 bridgehead atoms. The van der Waals surface area contributed by atoms with Crippen LogP contribution in [0.2, 0.25) is 0 Å². The molecule has 9 heteroatoms. The summed E-state index contributed by atoms with van der Waals surface area (Å²) in [6.45, 7) is 0.494. The van der Waals surface area contributed by atoms with E-state index in [-0.39, 0.29) is 18.5 Å². The van der Waals surface area contributed by atoms with E-state index in [1.165, 1.54) is 18.2 Å². The number of carbonyl (C=O) groups is 1. The van der Waals surface area contributed by atoms with Crippen molar-refractivity contribution in [3.8, 4) is 0 Å². The van der Waals surface area contributed by atoms with Crippen molar-refractivity contribution in [3.63, 3.8) is 0 Å². The molecule has 1 fully saturated rings. The van der Waals surface area contributed by atoms with Gasteiger partial charge in [-0.1, -0.05) is 12.1 Å². The summed E-state index contributed by atoms with van der Waals surface area (Å²) >= 11 is 0. The van der Waals surface area contributed by atoms with Crippen LogP contribution >= 0.6 is 0 Å². The first-order valence-electron chi connectivity index (χ1n) is 9.20. The number of sulfonamides is 1. The van der Waals surface area contributed by atoms with E-state index >= 15 is 0 Å². The van der Waals surface area contributed by atoms with E-state index in [4.69, 9.17) is 4.42 Å². The van der Waals surface area contributed by atoms with E-state index in [2.05, 4.69) is 5.32 Å². The summed E-state index contributed by atoms with van der Waals surface area (Å²) in [7, 11) is -0.191. The molecule has 2 N–H and O–H groups in total. The van der Waals surface area contributed by atoms with Crippen LogP contribution in [0.1, 0.15) is 24.6 Å². The lowest BCUT2D eigenvalue weighted by Crippen LogP contribution is -3.07. The Labute approximate surface area is 164 Å². The first-order chi connectivity index (χ1) is 13.3. The number of rotatable bonds is 7. The van der Waals surface area contributed by atoms with Crippen molar-refractivity contribution >= 4 is 15.9 Å². The summed E-state index contributed by atoms with van der Waals surface area (Å²) in [6, 6.07) is 7.90. The molecule has 0 saturated carbocycles. The zero-order valence-electron chi connectivity index (χ0n) is 15.9. The van der Waals surface area contributed by atoms with E-state index in [0.717, 1.165) is 21.0 Å². The number of halogens is 1. The smallest absolute Gasteiger partial charge is 0.246 e. The summed E-state index contributed by atoms with van der Waals surface area (Å²) in [6.07, 6.45) is 2.53. The molecule has 0 spiro atoms. The van der Waals surface area contributed by atoms with Crippen molar-refractivity contribution in [2.24, 2.45) is 0 Å². The van der Waals surface area contributed by atoms with Crippen LogP contribution in [0.4, 0.5) is 4.39 Å². The maximum atomic E-state index is 14.0. The molecule has 1 aromatic carbocycles. The molecule has 2 atom stereocenters. The van der Waals surface area contributed by atoms with Gasteiger partial charge in [0.2, 0.25) is 15.9 Å². The standard InChI is InChI=1S/C19H24FN3O4S/c1-22(2)16(17-9-6-12-27-17)13-21-19(24)15-8-5-11-23(15)28(25,26)18-10-4-3-7-14(18)20/h3-4,6-7,9-10,12,15-16H,5,8,11,13H2,1-2H3,(H,21,24)/p+1/t15-,16+/m0/s1. The minimum absolute atomic E-state index is 0.100. The van der Waals surface area contributed by atoms with E-state index in [1.807, 2.05) is 20.2 Å². The molecule has 28 heavy (non-hydrogen) atoms. The van der Waals surface area contributed by atoms with Gasteiger partial charge in [-0.05, 0) is 37.1 Å².